The van der Waals surface area contributed by atoms with Crippen LogP contribution in [-0.4, -0.2) is 63.7 Å². The second-order valence-corrected chi connectivity index (χ2v) is 8.42. The molecule has 1 amide bonds. The smallest absolute Gasteiger partial charge is 0.254 e. The number of amides is 1. The lowest BCUT2D eigenvalue weighted by Gasteiger charge is -2.43. The third kappa shape index (κ3) is 4.09. The Balaban J connectivity index is 1.49. The summed E-state index contributed by atoms with van der Waals surface area (Å²) in [6, 6.07) is 12.7. The van der Waals surface area contributed by atoms with Crippen LogP contribution in [0.5, 0.6) is 17.2 Å². The van der Waals surface area contributed by atoms with Crippen molar-refractivity contribution in [2.45, 2.75) is 25.3 Å². The molecule has 0 saturated carbocycles. The van der Waals surface area contributed by atoms with Gasteiger partial charge in [0.1, 0.15) is 0 Å². The number of carbonyl (C=O) groups excluding carboxylic acids is 1. The van der Waals surface area contributed by atoms with Gasteiger partial charge in [-0.25, -0.2) is 0 Å². The number of rotatable bonds is 5. The van der Waals surface area contributed by atoms with E-state index in [-0.39, 0.29) is 5.91 Å². The third-order valence-corrected chi connectivity index (χ3v) is 6.77. The minimum absolute atomic E-state index is 0.00935. The molecule has 2 aromatic rings. The molecule has 2 aliphatic rings. The lowest BCUT2D eigenvalue weighted by molar-refractivity contribution is 0.0597. The minimum Gasteiger partial charge on any atom is -0.493 e. The van der Waals surface area contributed by atoms with E-state index in [0.29, 0.717) is 34.8 Å². The van der Waals surface area contributed by atoms with Crippen molar-refractivity contribution in [2.75, 3.05) is 48.0 Å². The standard InChI is InChI=1S/C25H32N2O4/c1-26-12-9-17-7-5-6-8-20(17)23(26)18-10-13-27(14-11-18)25(28)19-15-21(29-2)24(31-4)22(16-19)30-3/h5-8,15-16,18,23H,9-14H2,1-4H3. The lowest BCUT2D eigenvalue weighted by atomic mass is 9.80. The predicted octanol–water partition coefficient (Wildman–Crippen LogP) is 3.79. The Morgan fingerprint density at radius 2 is 1.58 bits per heavy atom. The molecule has 166 valence electrons. The normalized spacial score (nSPS) is 19.6. The summed E-state index contributed by atoms with van der Waals surface area (Å²) in [4.78, 5) is 17.7. The summed E-state index contributed by atoms with van der Waals surface area (Å²) in [5.41, 5.74) is 3.50. The van der Waals surface area contributed by atoms with Crippen molar-refractivity contribution in [3.05, 3.63) is 53.1 Å². The van der Waals surface area contributed by atoms with Crippen LogP contribution in [0, 0.1) is 5.92 Å². The average Bonchev–Trinajstić information content (AvgIpc) is 2.82. The number of carbonyl (C=O) groups is 1. The van der Waals surface area contributed by atoms with Gasteiger partial charge < -0.3 is 19.1 Å². The Hall–Kier alpha value is -2.73. The molecule has 4 rings (SSSR count). The largest absolute Gasteiger partial charge is 0.493 e. The topological polar surface area (TPSA) is 51.2 Å². The van der Waals surface area contributed by atoms with Crippen molar-refractivity contribution in [2.24, 2.45) is 5.92 Å². The number of fused-ring (bicyclic) bond motifs is 1. The van der Waals surface area contributed by atoms with Crippen molar-refractivity contribution in [3.8, 4) is 17.2 Å². The van der Waals surface area contributed by atoms with E-state index in [9.17, 15) is 4.79 Å². The van der Waals surface area contributed by atoms with Gasteiger partial charge in [0.15, 0.2) is 11.5 Å². The minimum atomic E-state index is 0.00935. The maximum absolute atomic E-state index is 13.2. The summed E-state index contributed by atoms with van der Waals surface area (Å²) in [5, 5.41) is 0. The van der Waals surface area contributed by atoms with Gasteiger partial charge >= 0.3 is 0 Å². The molecule has 6 heteroatoms. The molecule has 2 aromatic carbocycles. The van der Waals surface area contributed by atoms with E-state index in [1.807, 2.05) is 4.90 Å². The number of nitrogens with zero attached hydrogens (tertiary/aromatic N) is 2. The van der Waals surface area contributed by atoms with E-state index >= 15 is 0 Å². The maximum Gasteiger partial charge on any atom is 0.254 e. The number of hydrogen-bond donors (Lipinski definition) is 0. The number of likely N-dealkylation sites (N-methyl/N-ethyl adjacent to an activating group) is 1. The van der Waals surface area contributed by atoms with Gasteiger partial charge in [0.25, 0.3) is 5.91 Å². The number of likely N-dealkylation sites (tertiary alicyclic amines) is 1. The molecule has 0 bridgehead atoms. The van der Waals surface area contributed by atoms with Crippen molar-refractivity contribution >= 4 is 5.91 Å². The van der Waals surface area contributed by atoms with Crippen molar-refractivity contribution in [1.29, 1.82) is 0 Å². The van der Waals surface area contributed by atoms with Crippen LogP contribution in [0.4, 0.5) is 0 Å². The van der Waals surface area contributed by atoms with Gasteiger partial charge in [0, 0.05) is 31.2 Å². The molecule has 0 spiro atoms. The van der Waals surface area contributed by atoms with E-state index in [4.69, 9.17) is 14.2 Å². The molecule has 1 atom stereocenters. The fourth-order valence-corrected chi connectivity index (χ4v) is 5.14. The molecule has 1 saturated heterocycles. The van der Waals surface area contributed by atoms with Crippen LogP contribution in [-0.2, 0) is 6.42 Å². The fraction of sp³-hybridized carbons (Fsp3) is 0.480. The summed E-state index contributed by atoms with van der Waals surface area (Å²) in [6.07, 6.45) is 3.11. The average molecular weight is 425 g/mol. The van der Waals surface area contributed by atoms with Crippen molar-refractivity contribution < 1.29 is 19.0 Å². The first-order valence-corrected chi connectivity index (χ1v) is 10.9. The Morgan fingerprint density at radius 3 is 2.19 bits per heavy atom. The Labute approximate surface area is 184 Å². The van der Waals surface area contributed by atoms with Crippen LogP contribution < -0.4 is 14.2 Å². The van der Waals surface area contributed by atoms with Crippen LogP contribution >= 0.6 is 0 Å². The van der Waals surface area contributed by atoms with Crippen LogP contribution in [0.25, 0.3) is 0 Å². The number of benzene rings is 2. The Kier molecular flexibility index (Phi) is 6.37. The zero-order valence-electron chi connectivity index (χ0n) is 18.9. The first kappa shape index (κ1) is 21.5. The van der Waals surface area contributed by atoms with Crippen LogP contribution in [0.15, 0.2) is 36.4 Å². The lowest BCUT2D eigenvalue weighted by Crippen LogP contribution is -2.44. The van der Waals surface area contributed by atoms with E-state index in [1.54, 1.807) is 33.5 Å². The van der Waals surface area contributed by atoms with E-state index in [1.165, 1.54) is 11.1 Å². The van der Waals surface area contributed by atoms with E-state index in [0.717, 1.165) is 38.9 Å². The molecule has 1 fully saturated rings. The maximum atomic E-state index is 13.2. The molecule has 2 heterocycles. The van der Waals surface area contributed by atoms with E-state index in [2.05, 4.69) is 36.2 Å². The summed E-state index contributed by atoms with van der Waals surface area (Å²) in [5.74, 6) is 2.06. The monoisotopic (exact) mass is 424 g/mol. The van der Waals surface area contributed by atoms with Gasteiger partial charge in [-0.1, -0.05) is 24.3 Å². The summed E-state index contributed by atoms with van der Waals surface area (Å²) in [6.45, 7) is 2.60. The molecule has 0 N–H and O–H groups in total. The first-order chi connectivity index (χ1) is 15.1. The quantitative estimate of drug-likeness (QED) is 0.731. The Morgan fingerprint density at radius 1 is 0.935 bits per heavy atom. The molecule has 2 aliphatic heterocycles. The molecule has 1 unspecified atom stereocenters. The predicted molar refractivity (Wildman–Crippen MR) is 120 cm³/mol. The molecular weight excluding hydrogens is 392 g/mol. The van der Waals surface area contributed by atoms with Gasteiger partial charge in [0.2, 0.25) is 5.75 Å². The zero-order chi connectivity index (χ0) is 22.0. The molecule has 0 aromatic heterocycles. The number of hydrogen-bond acceptors (Lipinski definition) is 5. The second-order valence-electron chi connectivity index (χ2n) is 8.42. The van der Waals surface area contributed by atoms with Gasteiger partial charge in [-0.05, 0) is 55.5 Å². The number of methoxy groups -OCH3 is 3. The summed E-state index contributed by atoms with van der Waals surface area (Å²) in [7, 11) is 6.92. The summed E-state index contributed by atoms with van der Waals surface area (Å²) < 4.78 is 16.2. The first-order valence-electron chi connectivity index (χ1n) is 10.9. The molecule has 0 aliphatic carbocycles. The number of piperidine rings is 1. The highest BCUT2D eigenvalue weighted by Crippen LogP contribution is 2.41. The third-order valence-electron chi connectivity index (χ3n) is 6.77. The van der Waals surface area contributed by atoms with E-state index < -0.39 is 0 Å². The Bertz CT molecular complexity index is 912. The fourth-order valence-electron chi connectivity index (χ4n) is 5.14. The molecule has 6 nitrogen and oxygen atoms in total. The number of ether oxygens (including phenoxy) is 3. The van der Waals surface area contributed by atoms with Gasteiger partial charge in [-0.15, -0.1) is 0 Å². The summed E-state index contributed by atoms with van der Waals surface area (Å²) >= 11 is 0. The molecular formula is C25H32N2O4. The SMILES string of the molecule is COc1cc(C(=O)N2CCC(C3c4ccccc4CCN3C)CC2)cc(OC)c1OC. The van der Waals surface area contributed by atoms with Crippen LogP contribution in [0.3, 0.4) is 0 Å². The van der Waals surface area contributed by atoms with Gasteiger partial charge in [-0.3, -0.25) is 9.69 Å². The molecule has 0 radical (unpaired) electrons. The highest BCUT2D eigenvalue weighted by atomic mass is 16.5. The van der Waals surface area contributed by atoms with Gasteiger partial charge in [0.05, 0.1) is 21.3 Å². The highest BCUT2D eigenvalue weighted by Gasteiger charge is 2.35. The highest BCUT2D eigenvalue weighted by molar-refractivity contribution is 5.95. The van der Waals surface area contributed by atoms with Crippen LogP contribution in [0.1, 0.15) is 40.4 Å². The molecule has 31 heavy (non-hydrogen) atoms. The van der Waals surface area contributed by atoms with Crippen LogP contribution in [0.2, 0.25) is 0 Å². The second kappa shape index (κ2) is 9.18. The van der Waals surface area contributed by atoms with Crippen molar-refractivity contribution in [1.82, 2.24) is 9.80 Å². The van der Waals surface area contributed by atoms with Gasteiger partial charge in [-0.2, -0.15) is 0 Å². The zero-order valence-corrected chi connectivity index (χ0v) is 18.9. The van der Waals surface area contributed by atoms with Crippen molar-refractivity contribution in [3.63, 3.8) is 0 Å².